The van der Waals surface area contributed by atoms with Crippen molar-refractivity contribution >= 4 is 23.5 Å². The zero-order chi connectivity index (χ0) is 22.0. The van der Waals surface area contributed by atoms with Crippen LogP contribution in [0.25, 0.3) is 5.00 Å². The maximum Gasteiger partial charge on any atom is 0.274 e. The fourth-order valence-corrected chi connectivity index (χ4v) is 4.34. The fraction of sp³-hybridized carbons (Fsp3) is 0.182. The van der Waals surface area contributed by atoms with Gasteiger partial charge in [0, 0.05) is 21.8 Å². The molecule has 3 aromatic rings. The van der Waals surface area contributed by atoms with E-state index in [4.69, 9.17) is 5.26 Å². The molecule has 0 spiro atoms. The summed E-state index contributed by atoms with van der Waals surface area (Å²) >= 11 is 1.55. The Hall–Kier alpha value is -3.75. The van der Waals surface area contributed by atoms with Crippen LogP contribution in [-0.4, -0.2) is 16.7 Å². The quantitative estimate of drug-likeness (QED) is 0.501. The lowest BCUT2D eigenvalue weighted by Gasteiger charge is -2.07. The standard InChI is InChI=1S/C22H18FN5OS/c1-12-7-17(14(3)28(12)22-19(10-25)13(2)15(4)30-22)11-26-27-21(29)18-6-5-16(9-24)8-20(18)23/h5-8,11H,1-4H3,(H,27,29)/b26-11-. The van der Waals surface area contributed by atoms with Crippen molar-refractivity contribution in [3.63, 3.8) is 0 Å². The molecular weight excluding hydrogens is 401 g/mol. The lowest BCUT2D eigenvalue weighted by atomic mass is 10.1. The molecule has 1 aromatic carbocycles. The number of hydrogen-bond donors (Lipinski definition) is 1. The van der Waals surface area contributed by atoms with E-state index in [0.29, 0.717) is 5.56 Å². The van der Waals surface area contributed by atoms with E-state index in [1.54, 1.807) is 11.3 Å². The number of thiophene rings is 1. The van der Waals surface area contributed by atoms with Crippen molar-refractivity contribution in [3.05, 3.63) is 74.2 Å². The zero-order valence-electron chi connectivity index (χ0n) is 16.9. The van der Waals surface area contributed by atoms with Gasteiger partial charge < -0.3 is 4.57 Å². The molecular formula is C22H18FN5OS. The number of hydrogen-bond acceptors (Lipinski definition) is 5. The molecule has 0 atom stereocenters. The third kappa shape index (κ3) is 3.73. The van der Waals surface area contributed by atoms with Gasteiger partial charge in [0.25, 0.3) is 5.91 Å². The first-order valence-electron chi connectivity index (χ1n) is 9.01. The fourth-order valence-electron chi connectivity index (χ4n) is 3.12. The van der Waals surface area contributed by atoms with Gasteiger partial charge in [-0.25, -0.2) is 9.82 Å². The number of carbonyl (C=O) groups is 1. The minimum atomic E-state index is -0.785. The van der Waals surface area contributed by atoms with E-state index < -0.39 is 11.7 Å². The predicted molar refractivity (Wildman–Crippen MR) is 113 cm³/mol. The number of halogens is 1. The zero-order valence-corrected chi connectivity index (χ0v) is 17.7. The van der Waals surface area contributed by atoms with E-state index >= 15 is 0 Å². The Bertz CT molecular complexity index is 1270. The van der Waals surface area contributed by atoms with Crippen molar-refractivity contribution in [1.82, 2.24) is 9.99 Å². The molecule has 0 aliphatic carbocycles. The smallest absolute Gasteiger partial charge is 0.274 e. The molecule has 2 aromatic heterocycles. The van der Waals surface area contributed by atoms with Crippen LogP contribution in [-0.2, 0) is 0 Å². The molecule has 0 bridgehead atoms. The van der Waals surface area contributed by atoms with Gasteiger partial charge in [-0.05, 0) is 57.5 Å². The van der Waals surface area contributed by atoms with Gasteiger partial charge in [0.05, 0.1) is 29.0 Å². The van der Waals surface area contributed by atoms with Gasteiger partial charge in [-0.15, -0.1) is 11.3 Å². The average Bonchev–Trinajstić information content (AvgIpc) is 3.15. The Morgan fingerprint density at radius 3 is 2.57 bits per heavy atom. The maximum absolute atomic E-state index is 14.0. The maximum atomic E-state index is 14.0. The van der Waals surface area contributed by atoms with Crippen LogP contribution >= 0.6 is 11.3 Å². The molecule has 30 heavy (non-hydrogen) atoms. The number of rotatable bonds is 4. The number of amides is 1. The van der Waals surface area contributed by atoms with Crippen molar-refractivity contribution < 1.29 is 9.18 Å². The van der Waals surface area contributed by atoms with E-state index in [9.17, 15) is 14.4 Å². The highest BCUT2D eigenvalue weighted by Gasteiger charge is 2.18. The van der Waals surface area contributed by atoms with Crippen LogP contribution in [0.4, 0.5) is 4.39 Å². The first-order valence-corrected chi connectivity index (χ1v) is 9.82. The number of nitrogens with one attached hydrogen (secondary N) is 1. The van der Waals surface area contributed by atoms with Crippen molar-refractivity contribution in [2.24, 2.45) is 5.10 Å². The summed E-state index contributed by atoms with van der Waals surface area (Å²) in [6, 6.07) is 9.62. The molecule has 0 saturated heterocycles. The Morgan fingerprint density at radius 1 is 1.20 bits per heavy atom. The molecule has 1 amide bonds. The predicted octanol–water partition coefficient (Wildman–Crippen LogP) is 4.42. The van der Waals surface area contributed by atoms with Crippen LogP contribution in [0, 0.1) is 56.2 Å². The molecule has 0 fully saturated rings. The second kappa shape index (κ2) is 8.32. The van der Waals surface area contributed by atoms with Crippen LogP contribution in [0.3, 0.4) is 0 Å². The molecule has 0 aliphatic rings. The number of benzene rings is 1. The van der Waals surface area contributed by atoms with E-state index in [-0.39, 0.29) is 11.1 Å². The van der Waals surface area contributed by atoms with Crippen LogP contribution < -0.4 is 5.43 Å². The number of aromatic nitrogens is 1. The molecule has 8 heteroatoms. The van der Waals surface area contributed by atoms with Gasteiger partial charge in [0.15, 0.2) is 0 Å². The number of nitriles is 2. The highest BCUT2D eigenvalue weighted by atomic mass is 32.1. The average molecular weight is 419 g/mol. The summed E-state index contributed by atoms with van der Waals surface area (Å²) < 4.78 is 16.0. The molecule has 0 aliphatic heterocycles. The van der Waals surface area contributed by atoms with Crippen molar-refractivity contribution in [2.45, 2.75) is 27.7 Å². The molecule has 2 heterocycles. The largest absolute Gasteiger partial charge is 0.308 e. The monoisotopic (exact) mass is 419 g/mol. The first-order chi connectivity index (χ1) is 14.3. The van der Waals surface area contributed by atoms with Gasteiger partial charge in [-0.2, -0.15) is 15.6 Å². The van der Waals surface area contributed by atoms with E-state index in [2.05, 4.69) is 16.6 Å². The molecule has 0 unspecified atom stereocenters. The Balaban J connectivity index is 1.86. The topological polar surface area (TPSA) is 94.0 Å². The summed E-state index contributed by atoms with van der Waals surface area (Å²) in [5, 5.41) is 23.1. The summed E-state index contributed by atoms with van der Waals surface area (Å²) in [5.74, 6) is -1.49. The minimum absolute atomic E-state index is 0.135. The van der Waals surface area contributed by atoms with Crippen molar-refractivity contribution in [2.75, 3.05) is 0 Å². The lowest BCUT2D eigenvalue weighted by molar-refractivity contribution is 0.0951. The lowest BCUT2D eigenvalue weighted by Crippen LogP contribution is -2.19. The molecule has 1 N–H and O–H groups in total. The van der Waals surface area contributed by atoms with Gasteiger partial charge >= 0.3 is 0 Å². The second-order valence-electron chi connectivity index (χ2n) is 6.74. The molecule has 0 saturated carbocycles. The number of hydrazone groups is 1. The van der Waals surface area contributed by atoms with Crippen LogP contribution in [0.2, 0.25) is 0 Å². The van der Waals surface area contributed by atoms with E-state index in [0.717, 1.165) is 38.5 Å². The molecule has 6 nitrogen and oxygen atoms in total. The summed E-state index contributed by atoms with van der Waals surface area (Å²) in [7, 11) is 0. The van der Waals surface area contributed by atoms with E-state index in [1.165, 1.54) is 18.3 Å². The number of nitrogens with zero attached hydrogens (tertiary/aromatic N) is 4. The van der Waals surface area contributed by atoms with Gasteiger partial charge in [-0.1, -0.05) is 0 Å². The third-order valence-electron chi connectivity index (χ3n) is 4.86. The van der Waals surface area contributed by atoms with Crippen molar-refractivity contribution in [1.29, 1.82) is 10.5 Å². The van der Waals surface area contributed by atoms with Crippen molar-refractivity contribution in [3.8, 4) is 17.1 Å². The SMILES string of the molecule is Cc1sc(-n2c(C)cc(/C=N\NC(=O)c3ccc(C#N)cc3F)c2C)c(C#N)c1C. The number of carbonyl (C=O) groups excluding carboxylic acids is 1. The Morgan fingerprint density at radius 2 is 1.93 bits per heavy atom. The highest BCUT2D eigenvalue weighted by Crippen LogP contribution is 2.33. The Kier molecular flexibility index (Phi) is 5.81. The van der Waals surface area contributed by atoms with Gasteiger partial charge in [0.1, 0.15) is 16.9 Å². The molecule has 3 rings (SSSR count). The highest BCUT2D eigenvalue weighted by molar-refractivity contribution is 7.14. The van der Waals surface area contributed by atoms with Crippen LogP contribution in [0.1, 0.15) is 48.9 Å². The molecule has 150 valence electrons. The molecule has 0 radical (unpaired) electrons. The van der Waals surface area contributed by atoms with Gasteiger partial charge in [-0.3, -0.25) is 4.79 Å². The van der Waals surface area contributed by atoms with Gasteiger partial charge in [0.2, 0.25) is 0 Å². The second-order valence-corrected chi connectivity index (χ2v) is 7.95. The van der Waals surface area contributed by atoms with Crippen LogP contribution in [0.15, 0.2) is 29.4 Å². The van der Waals surface area contributed by atoms with Crippen LogP contribution in [0.5, 0.6) is 0 Å². The first kappa shape index (κ1) is 21.0. The summed E-state index contributed by atoms with van der Waals surface area (Å²) in [6.07, 6.45) is 1.48. The minimum Gasteiger partial charge on any atom is -0.308 e. The Labute approximate surface area is 177 Å². The third-order valence-corrected chi connectivity index (χ3v) is 6.06. The summed E-state index contributed by atoms with van der Waals surface area (Å²) in [6.45, 7) is 7.75. The van der Waals surface area contributed by atoms with E-state index in [1.807, 2.05) is 44.4 Å². The normalized spacial score (nSPS) is 10.8. The number of aryl methyl sites for hydroxylation is 2. The summed E-state index contributed by atoms with van der Waals surface area (Å²) in [5.41, 5.74) is 6.42. The summed E-state index contributed by atoms with van der Waals surface area (Å²) in [4.78, 5) is 13.3.